The van der Waals surface area contributed by atoms with Crippen molar-refractivity contribution in [3.63, 3.8) is 0 Å². The van der Waals surface area contributed by atoms with E-state index in [4.69, 9.17) is 22.7 Å². The van der Waals surface area contributed by atoms with Crippen molar-refractivity contribution in [2.75, 3.05) is 6.61 Å². The first kappa shape index (κ1) is 19.2. The molecule has 3 rings (SSSR count). The number of thiocarbonyl (C=S) groups is 1. The Labute approximate surface area is 165 Å². The molecule has 0 aliphatic heterocycles. The maximum Gasteiger partial charge on any atom is 0.276 e. The van der Waals surface area contributed by atoms with Crippen LogP contribution < -0.4 is 15.9 Å². The maximum atomic E-state index is 12.4. The van der Waals surface area contributed by atoms with Crippen molar-refractivity contribution in [1.29, 1.82) is 0 Å². The molecule has 3 N–H and O–H groups in total. The molecule has 5 nitrogen and oxygen atoms in total. The highest BCUT2D eigenvalue weighted by atomic mass is 32.1. The molecule has 0 heterocycles. The van der Waals surface area contributed by atoms with Gasteiger partial charge in [-0.2, -0.15) is 0 Å². The second-order valence-corrected chi connectivity index (χ2v) is 7.23. The predicted octanol–water partition coefficient (Wildman–Crippen LogP) is 3.20. The highest BCUT2D eigenvalue weighted by molar-refractivity contribution is 7.80. The van der Waals surface area contributed by atoms with Gasteiger partial charge >= 0.3 is 0 Å². The lowest BCUT2D eigenvalue weighted by Gasteiger charge is -2.30. The molecule has 0 radical (unpaired) electrons. The molecule has 0 bridgehead atoms. The number of nitrogens with zero attached hydrogens (tertiary/aromatic N) is 1. The molecule has 27 heavy (non-hydrogen) atoms. The quantitative estimate of drug-likeness (QED) is 0.613. The van der Waals surface area contributed by atoms with Gasteiger partial charge in [0.25, 0.3) is 5.91 Å². The number of aryl methyl sites for hydroxylation is 1. The first-order valence-corrected chi connectivity index (χ1v) is 9.55. The van der Waals surface area contributed by atoms with Crippen molar-refractivity contribution in [1.82, 2.24) is 10.4 Å². The zero-order valence-corrected chi connectivity index (χ0v) is 16.5. The van der Waals surface area contributed by atoms with Crippen molar-refractivity contribution in [3.8, 4) is 5.75 Å². The summed E-state index contributed by atoms with van der Waals surface area (Å²) in [6.07, 6.45) is 3.21. The molecule has 2 aromatic carbocycles. The first-order chi connectivity index (χ1) is 13.0. The van der Waals surface area contributed by atoms with E-state index in [9.17, 15) is 4.79 Å². The first-order valence-electron chi connectivity index (χ1n) is 9.14. The van der Waals surface area contributed by atoms with Crippen molar-refractivity contribution in [2.24, 2.45) is 5.73 Å². The van der Waals surface area contributed by atoms with Gasteiger partial charge in [0.15, 0.2) is 11.7 Å². The van der Waals surface area contributed by atoms with Crippen LogP contribution >= 0.6 is 12.2 Å². The number of amides is 1. The topological polar surface area (TPSA) is 67.6 Å². The van der Waals surface area contributed by atoms with Crippen LogP contribution in [-0.4, -0.2) is 22.6 Å². The van der Waals surface area contributed by atoms with E-state index in [0.29, 0.717) is 0 Å². The largest absolute Gasteiger partial charge is 0.483 e. The van der Waals surface area contributed by atoms with Crippen molar-refractivity contribution in [3.05, 3.63) is 64.7 Å². The molecule has 0 saturated carbocycles. The van der Waals surface area contributed by atoms with Crippen molar-refractivity contribution in [2.45, 2.75) is 39.2 Å². The Morgan fingerprint density at radius 2 is 1.93 bits per heavy atom. The minimum absolute atomic E-state index is 0.0872. The van der Waals surface area contributed by atoms with E-state index in [0.717, 1.165) is 30.6 Å². The van der Waals surface area contributed by atoms with Crippen molar-refractivity contribution >= 4 is 23.2 Å². The van der Waals surface area contributed by atoms with Crippen LogP contribution in [0, 0.1) is 6.92 Å². The van der Waals surface area contributed by atoms with Crippen LogP contribution in [0.15, 0.2) is 42.5 Å². The normalized spacial score (nSPS) is 13.6. The van der Waals surface area contributed by atoms with Gasteiger partial charge in [-0.25, -0.2) is 0 Å². The molecule has 1 atom stereocenters. The fourth-order valence-electron chi connectivity index (χ4n) is 3.52. The number of carbonyl (C=O) groups excluding carboxylic acids is 1. The van der Waals surface area contributed by atoms with Gasteiger partial charge in [-0.15, -0.1) is 0 Å². The maximum absolute atomic E-state index is 12.4. The van der Waals surface area contributed by atoms with E-state index in [2.05, 4.69) is 18.4 Å². The van der Waals surface area contributed by atoms with E-state index >= 15 is 0 Å². The Morgan fingerprint density at radius 1 is 1.22 bits per heavy atom. The Kier molecular flexibility index (Phi) is 5.96. The monoisotopic (exact) mass is 383 g/mol. The summed E-state index contributed by atoms with van der Waals surface area (Å²) in [7, 11) is 0. The van der Waals surface area contributed by atoms with Crippen LogP contribution in [0.25, 0.3) is 0 Å². The third-order valence-corrected chi connectivity index (χ3v) is 5.18. The summed E-state index contributed by atoms with van der Waals surface area (Å²) in [5, 5.41) is 1.60. The van der Waals surface area contributed by atoms with Gasteiger partial charge in [-0.1, -0.05) is 36.4 Å². The number of nitrogens with two attached hydrogens (primary N) is 1. The summed E-state index contributed by atoms with van der Waals surface area (Å²) in [4.78, 5) is 12.4. The molecule has 1 aliphatic carbocycles. The lowest BCUT2D eigenvalue weighted by Crippen LogP contribution is -2.51. The van der Waals surface area contributed by atoms with Crippen LogP contribution in [0.3, 0.4) is 0 Å². The molecule has 0 fully saturated rings. The van der Waals surface area contributed by atoms with E-state index in [1.807, 2.05) is 43.3 Å². The Balaban J connectivity index is 1.64. The molecule has 0 aromatic heterocycles. The Morgan fingerprint density at radius 3 is 2.63 bits per heavy atom. The number of nitrogens with one attached hydrogen (secondary N) is 1. The van der Waals surface area contributed by atoms with Crippen LogP contribution in [-0.2, 0) is 17.6 Å². The predicted molar refractivity (Wildman–Crippen MR) is 110 cm³/mol. The van der Waals surface area contributed by atoms with E-state index in [1.165, 1.54) is 21.7 Å². The molecule has 0 spiro atoms. The summed E-state index contributed by atoms with van der Waals surface area (Å²) in [5.74, 6) is 0.499. The van der Waals surface area contributed by atoms with Gasteiger partial charge in [0.1, 0.15) is 5.75 Å². The standard InChI is InChI=1S/C21H25N3O2S/c1-14-11-12-19(18-10-6-9-17(14)18)26-13-20(25)23-24(21(22)27)15(2)16-7-4-3-5-8-16/h3-5,7-8,11-12,15H,6,9-10,13H2,1-2H3,(H2,22,27)(H,23,25). The zero-order valence-electron chi connectivity index (χ0n) is 15.7. The molecule has 142 valence electrons. The second-order valence-electron chi connectivity index (χ2n) is 6.81. The molecule has 6 heteroatoms. The Hall–Kier alpha value is -2.60. The molecule has 1 amide bonds. The number of benzene rings is 2. The van der Waals surface area contributed by atoms with Gasteiger partial charge in [0, 0.05) is 0 Å². The molecular formula is C21H25N3O2S. The average molecular weight is 384 g/mol. The lowest BCUT2D eigenvalue weighted by molar-refractivity contribution is -0.127. The summed E-state index contributed by atoms with van der Waals surface area (Å²) >= 11 is 5.12. The average Bonchev–Trinajstić information content (AvgIpc) is 3.16. The minimum atomic E-state index is -0.294. The third-order valence-electron chi connectivity index (χ3n) is 4.99. The summed E-state index contributed by atoms with van der Waals surface area (Å²) in [5.41, 5.74) is 13.5. The zero-order chi connectivity index (χ0) is 19.4. The summed E-state index contributed by atoms with van der Waals surface area (Å²) < 4.78 is 5.81. The number of ether oxygens (including phenoxy) is 1. The number of hydrogen-bond acceptors (Lipinski definition) is 3. The summed E-state index contributed by atoms with van der Waals surface area (Å²) in [6.45, 7) is 3.96. The molecular weight excluding hydrogens is 358 g/mol. The fourth-order valence-corrected chi connectivity index (χ4v) is 3.72. The lowest BCUT2D eigenvalue weighted by atomic mass is 10.0. The molecule has 1 aliphatic rings. The number of rotatable bonds is 5. The van der Waals surface area contributed by atoms with Gasteiger partial charge < -0.3 is 10.5 Å². The van der Waals surface area contributed by atoms with Crippen LogP contribution in [0.4, 0.5) is 0 Å². The van der Waals surface area contributed by atoms with E-state index in [-0.39, 0.29) is 23.7 Å². The Bertz CT molecular complexity index is 839. The molecule has 2 aromatic rings. The number of fused-ring (bicyclic) bond motifs is 1. The van der Waals surface area contributed by atoms with Crippen LogP contribution in [0.5, 0.6) is 5.75 Å². The van der Waals surface area contributed by atoms with Crippen LogP contribution in [0.2, 0.25) is 0 Å². The fraction of sp³-hybridized carbons (Fsp3) is 0.333. The smallest absolute Gasteiger partial charge is 0.276 e. The summed E-state index contributed by atoms with van der Waals surface area (Å²) in [6, 6.07) is 13.6. The minimum Gasteiger partial charge on any atom is -0.483 e. The molecule has 0 saturated heterocycles. The second kappa shape index (κ2) is 8.39. The van der Waals surface area contributed by atoms with Gasteiger partial charge in [-0.3, -0.25) is 15.2 Å². The van der Waals surface area contributed by atoms with Crippen molar-refractivity contribution < 1.29 is 9.53 Å². The van der Waals surface area contributed by atoms with Gasteiger partial charge in [0.05, 0.1) is 6.04 Å². The SMILES string of the molecule is Cc1ccc(OCC(=O)NN(C(N)=S)C(C)c2ccccc2)c2c1CCC2. The number of hydrogen-bond donors (Lipinski definition) is 2. The highest BCUT2D eigenvalue weighted by Crippen LogP contribution is 2.32. The number of carbonyl (C=O) groups is 1. The van der Waals surface area contributed by atoms with E-state index < -0.39 is 0 Å². The van der Waals surface area contributed by atoms with Gasteiger partial charge in [-0.05, 0) is 73.6 Å². The van der Waals surface area contributed by atoms with Gasteiger partial charge in [0.2, 0.25) is 0 Å². The number of hydrazine groups is 1. The molecule has 1 unspecified atom stereocenters. The third kappa shape index (κ3) is 4.39. The van der Waals surface area contributed by atoms with E-state index in [1.54, 1.807) is 0 Å². The van der Waals surface area contributed by atoms with Crippen LogP contribution in [0.1, 0.15) is 41.6 Å². The highest BCUT2D eigenvalue weighted by Gasteiger charge is 2.21.